The quantitative estimate of drug-likeness (QED) is 0.576. The number of Topliss-reactive ketones (excluding diaryl/α,β-unsaturated/α-hetero) is 1. The van der Waals surface area contributed by atoms with Gasteiger partial charge in [-0.2, -0.15) is 13.2 Å². The third-order valence-electron chi connectivity index (χ3n) is 5.77. The predicted molar refractivity (Wildman–Crippen MR) is 120 cm³/mol. The lowest BCUT2D eigenvalue weighted by Gasteiger charge is -2.40. The minimum atomic E-state index is -5.08. The number of benzene rings is 1. The standard InChI is InChI=1S/C21H29N3O4.C2HF3O2/c1-16(25)18-4-2-3-5-19(18)22-20(26)6-7-21(27)24-10-8-17(9-11-24)23-12-14-28-15-13-23;3-2(4,5)1(6)7/h2-5,17H,6-15H2,1H3,(H,22,26);(H,6,7). The van der Waals surface area contributed by atoms with E-state index in [2.05, 4.69) is 10.2 Å². The molecule has 2 aliphatic heterocycles. The van der Waals surface area contributed by atoms with E-state index in [1.807, 2.05) is 4.90 Å². The Hall–Kier alpha value is -2.99. The van der Waals surface area contributed by atoms with Crippen molar-refractivity contribution in [1.29, 1.82) is 0 Å². The Bertz CT molecular complexity index is 895. The predicted octanol–water partition coefficient (Wildman–Crippen LogP) is 2.56. The molecule has 2 aliphatic rings. The van der Waals surface area contributed by atoms with Crippen molar-refractivity contribution in [3.63, 3.8) is 0 Å². The summed E-state index contributed by atoms with van der Waals surface area (Å²) >= 11 is 0. The molecule has 2 heterocycles. The molecule has 1 aromatic carbocycles. The Kier molecular flexibility index (Phi) is 10.6. The number of morpholine rings is 1. The van der Waals surface area contributed by atoms with Gasteiger partial charge in [-0.15, -0.1) is 0 Å². The molecule has 0 unspecified atom stereocenters. The molecule has 12 heteroatoms. The number of aliphatic carboxylic acids is 1. The van der Waals surface area contributed by atoms with E-state index in [-0.39, 0.29) is 30.4 Å². The van der Waals surface area contributed by atoms with Crippen LogP contribution in [0.4, 0.5) is 18.9 Å². The van der Waals surface area contributed by atoms with Gasteiger partial charge >= 0.3 is 12.1 Å². The molecule has 3 rings (SSSR count). The maximum Gasteiger partial charge on any atom is 0.490 e. The van der Waals surface area contributed by atoms with Crippen molar-refractivity contribution in [2.75, 3.05) is 44.7 Å². The Morgan fingerprint density at radius 2 is 1.60 bits per heavy atom. The number of carbonyl (C=O) groups excluding carboxylic acids is 3. The fourth-order valence-electron chi connectivity index (χ4n) is 3.91. The molecule has 1 aromatic rings. The molecule has 0 radical (unpaired) electrons. The smallest absolute Gasteiger partial charge is 0.475 e. The maximum atomic E-state index is 12.5. The van der Waals surface area contributed by atoms with Gasteiger partial charge in [-0.3, -0.25) is 19.3 Å². The number of amides is 2. The molecule has 194 valence electrons. The zero-order valence-corrected chi connectivity index (χ0v) is 19.5. The molecule has 9 nitrogen and oxygen atoms in total. The number of likely N-dealkylation sites (tertiary alicyclic amines) is 1. The number of carbonyl (C=O) groups is 4. The minimum Gasteiger partial charge on any atom is -0.475 e. The fourth-order valence-corrected chi connectivity index (χ4v) is 3.91. The first kappa shape index (κ1) is 28.2. The number of ketones is 1. The third kappa shape index (κ3) is 9.29. The summed E-state index contributed by atoms with van der Waals surface area (Å²) in [5.74, 6) is -3.08. The maximum absolute atomic E-state index is 12.5. The van der Waals surface area contributed by atoms with Crippen molar-refractivity contribution in [1.82, 2.24) is 9.80 Å². The van der Waals surface area contributed by atoms with E-state index in [0.717, 1.165) is 52.2 Å². The second kappa shape index (κ2) is 13.2. The van der Waals surface area contributed by atoms with Crippen LogP contribution >= 0.6 is 0 Å². The molecule has 0 spiro atoms. The molecule has 35 heavy (non-hydrogen) atoms. The highest BCUT2D eigenvalue weighted by Crippen LogP contribution is 2.19. The van der Waals surface area contributed by atoms with Crippen LogP contribution in [0.5, 0.6) is 0 Å². The van der Waals surface area contributed by atoms with Gasteiger partial charge in [0.15, 0.2) is 5.78 Å². The topological polar surface area (TPSA) is 116 Å². The molecule has 2 N–H and O–H groups in total. The SMILES string of the molecule is CC(=O)c1ccccc1NC(=O)CCC(=O)N1CCC(N2CCOCC2)CC1.O=C(O)C(F)(F)F. The Balaban J connectivity index is 0.000000540. The lowest BCUT2D eigenvalue weighted by molar-refractivity contribution is -0.192. The highest BCUT2D eigenvalue weighted by molar-refractivity contribution is 6.04. The number of nitrogens with one attached hydrogen (secondary N) is 1. The Morgan fingerprint density at radius 3 is 2.14 bits per heavy atom. The summed E-state index contributed by atoms with van der Waals surface area (Å²) in [6, 6.07) is 7.44. The molecule has 2 amide bonds. The van der Waals surface area contributed by atoms with Crippen LogP contribution in [-0.2, 0) is 19.1 Å². The number of rotatable bonds is 6. The van der Waals surface area contributed by atoms with Crippen molar-refractivity contribution in [2.24, 2.45) is 0 Å². The van der Waals surface area contributed by atoms with Gasteiger partial charge in [0.1, 0.15) is 0 Å². The lowest BCUT2D eigenvalue weighted by Crippen LogP contribution is -2.50. The molecular weight excluding hydrogens is 471 g/mol. The number of halogens is 3. The zero-order chi connectivity index (χ0) is 26.0. The van der Waals surface area contributed by atoms with Gasteiger partial charge in [-0.1, -0.05) is 12.1 Å². The minimum absolute atomic E-state index is 0.0235. The summed E-state index contributed by atoms with van der Waals surface area (Å²) in [4.78, 5) is 49.6. The van der Waals surface area contributed by atoms with E-state index in [9.17, 15) is 27.6 Å². The highest BCUT2D eigenvalue weighted by atomic mass is 19.4. The number of carboxylic acids is 1. The molecular formula is C23H30F3N3O6. The number of alkyl halides is 3. The third-order valence-corrected chi connectivity index (χ3v) is 5.77. The molecule has 0 aromatic heterocycles. The van der Waals surface area contributed by atoms with Crippen LogP contribution in [-0.4, -0.2) is 90.1 Å². The van der Waals surface area contributed by atoms with E-state index < -0.39 is 12.1 Å². The summed E-state index contributed by atoms with van der Waals surface area (Å²) in [6.07, 6.45) is -2.82. The number of para-hydroxylation sites is 1. The number of hydrogen-bond acceptors (Lipinski definition) is 6. The lowest BCUT2D eigenvalue weighted by atomic mass is 10.0. The van der Waals surface area contributed by atoms with Crippen molar-refractivity contribution in [2.45, 2.75) is 44.8 Å². The van der Waals surface area contributed by atoms with Gasteiger partial charge < -0.3 is 20.1 Å². The van der Waals surface area contributed by atoms with Crippen LogP contribution in [0.25, 0.3) is 0 Å². The molecule has 0 bridgehead atoms. The van der Waals surface area contributed by atoms with E-state index in [0.29, 0.717) is 17.3 Å². The number of nitrogens with zero attached hydrogens (tertiary/aromatic N) is 2. The normalized spacial score (nSPS) is 17.2. The van der Waals surface area contributed by atoms with E-state index in [1.54, 1.807) is 24.3 Å². The molecule has 0 aliphatic carbocycles. The van der Waals surface area contributed by atoms with E-state index in [4.69, 9.17) is 14.6 Å². The average molecular weight is 502 g/mol. The largest absolute Gasteiger partial charge is 0.490 e. The van der Waals surface area contributed by atoms with Crippen molar-refractivity contribution >= 4 is 29.3 Å². The summed E-state index contributed by atoms with van der Waals surface area (Å²) in [5.41, 5.74) is 0.978. The van der Waals surface area contributed by atoms with Gasteiger partial charge in [0.2, 0.25) is 11.8 Å². The number of hydrogen-bond donors (Lipinski definition) is 2. The number of anilines is 1. The average Bonchev–Trinajstić information content (AvgIpc) is 2.83. The molecule has 0 saturated carbocycles. The van der Waals surface area contributed by atoms with Crippen LogP contribution in [0.1, 0.15) is 43.0 Å². The Labute approximate surface area is 201 Å². The first-order valence-electron chi connectivity index (χ1n) is 11.3. The van der Waals surface area contributed by atoms with Crippen molar-refractivity contribution < 1.29 is 42.2 Å². The summed E-state index contributed by atoms with van der Waals surface area (Å²) < 4.78 is 37.1. The zero-order valence-electron chi connectivity index (χ0n) is 19.5. The van der Waals surface area contributed by atoms with Crippen LogP contribution in [0.15, 0.2) is 24.3 Å². The van der Waals surface area contributed by atoms with Crippen LogP contribution < -0.4 is 5.32 Å². The van der Waals surface area contributed by atoms with Crippen molar-refractivity contribution in [3.05, 3.63) is 29.8 Å². The van der Waals surface area contributed by atoms with Crippen LogP contribution in [0, 0.1) is 0 Å². The molecule has 0 atom stereocenters. The first-order chi connectivity index (χ1) is 16.5. The van der Waals surface area contributed by atoms with Gasteiger partial charge in [-0.05, 0) is 31.9 Å². The number of carboxylic acid groups (broad SMARTS) is 1. The first-order valence-corrected chi connectivity index (χ1v) is 11.3. The number of ether oxygens (including phenoxy) is 1. The summed E-state index contributed by atoms with van der Waals surface area (Å²) in [6.45, 7) is 6.49. The summed E-state index contributed by atoms with van der Waals surface area (Å²) in [5, 5.41) is 9.88. The second-order valence-corrected chi connectivity index (χ2v) is 8.21. The van der Waals surface area contributed by atoms with Gasteiger partial charge in [-0.25, -0.2) is 4.79 Å². The fraction of sp³-hybridized carbons (Fsp3) is 0.565. The van der Waals surface area contributed by atoms with E-state index >= 15 is 0 Å². The van der Waals surface area contributed by atoms with Crippen molar-refractivity contribution in [3.8, 4) is 0 Å². The monoisotopic (exact) mass is 501 g/mol. The van der Waals surface area contributed by atoms with Gasteiger partial charge in [0.05, 0.1) is 18.9 Å². The van der Waals surface area contributed by atoms with Gasteiger partial charge in [0.25, 0.3) is 0 Å². The molecule has 2 fully saturated rings. The van der Waals surface area contributed by atoms with Crippen LogP contribution in [0.3, 0.4) is 0 Å². The Morgan fingerprint density at radius 1 is 1.03 bits per heavy atom. The van der Waals surface area contributed by atoms with Gasteiger partial charge in [0, 0.05) is 50.6 Å². The number of piperidine rings is 1. The second-order valence-electron chi connectivity index (χ2n) is 8.21. The summed E-state index contributed by atoms with van der Waals surface area (Å²) in [7, 11) is 0. The molecule has 2 saturated heterocycles. The van der Waals surface area contributed by atoms with E-state index in [1.165, 1.54) is 6.92 Å². The van der Waals surface area contributed by atoms with Crippen LogP contribution in [0.2, 0.25) is 0 Å². The highest BCUT2D eigenvalue weighted by Gasteiger charge is 2.38.